The zero-order valence-corrected chi connectivity index (χ0v) is 12.6. The Kier molecular flexibility index (Phi) is 3.92. The molecule has 1 atom stereocenters. The Hall–Kier alpha value is -1.88. The number of nitrogens with zero attached hydrogens (tertiary/aromatic N) is 2. The number of carbonyl (C=O) groups is 1. The van der Waals surface area contributed by atoms with E-state index in [1.165, 1.54) is 5.56 Å². The lowest BCUT2D eigenvalue weighted by Gasteiger charge is -2.21. The number of carbonyl (C=O) groups excluding carboxylic acids is 1. The van der Waals surface area contributed by atoms with Crippen LogP contribution in [0.1, 0.15) is 37.2 Å². The predicted octanol–water partition coefficient (Wildman–Crippen LogP) is 2.57. The summed E-state index contributed by atoms with van der Waals surface area (Å²) < 4.78 is 5.05. The molecule has 5 nitrogen and oxygen atoms in total. The Balaban J connectivity index is 1.81. The summed E-state index contributed by atoms with van der Waals surface area (Å²) in [5, 5.41) is 0. The van der Waals surface area contributed by atoms with Crippen LogP contribution in [-0.4, -0.2) is 40.5 Å². The molecule has 0 amide bonds. The zero-order valence-electron chi connectivity index (χ0n) is 12.6. The first-order valence-electron chi connectivity index (χ1n) is 7.53. The minimum absolute atomic E-state index is 0.156. The molecule has 0 bridgehead atoms. The fourth-order valence-corrected chi connectivity index (χ4v) is 3.00. The van der Waals surface area contributed by atoms with Gasteiger partial charge in [-0.3, -0.25) is 9.69 Å². The van der Waals surface area contributed by atoms with Crippen molar-refractivity contribution in [1.29, 1.82) is 0 Å². The number of ether oxygens (including phenoxy) is 1. The van der Waals surface area contributed by atoms with Gasteiger partial charge in [-0.15, -0.1) is 0 Å². The summed E-state index contributed by atoms with van der Waals surface area (Å²) in [6.07, 6.45) is 2.11. The van der Waals surface area contributed by atoms with Gasteiger partial charge in [-0.2, -0.15) is 0 Å². The zero-order chi connectivity index (χ0) is 14.8. The molecule has 2 heterocycles. The molecule has 0 radical (unpaired) electrons. The third-order valence-electron chi connectivity index (χ3n) is 3.97. The molecule has 1 N–H and O–H groups in total. The average molecular weight is 287 g/mol. The van der Waals surface area contributed by atoms with Gasteiger partial charge in [-0.1, -0.05) is 6.07 Å². The second kappa shape index (κ2) is 5.85. The average Bonchev–Trinajstić information content (AvgIpc) is 3.04. The van der Waals surface area contributed by atoms with Crippen LogP contribution in [0.5, 0.6) is 0 Å². The third-order valence-corrected chi connectivity index (χ3v) is 3.97. The van der Waals surface area contributed by atoms with Gasteiger partial charge in [0.05, 0.1) is 30.2 Å². The van der Waals surface area contributed by atoms with Crippen LogP contribution in [0.4, 0.5) is 0 Å². The molecule has 0 saturated carbocycles. The van der Waals surface area contributed by atoms with Gasteiger partial charge in [0.1, 0.15) is 5.82 Å². The largest absolute Gasteiger partial charge is 0.465 e. The lowest BCUT2D eigenvalue weighted by Crippen LogP contribution is -2.31. The van der Waals surface area contributed by atoms with Crippen LogP contribution in [0.25, 0.3) is 11.0 Å². The van der Waals surface area contributed by atoms with Crippen molar-refractivity contribution in [2.24, 2.45) is 0 Å². The first-order chi connectivity index (χ1) is 10.2. The van der Waals surface area contributed by atoms with Crippen molar-refractivity contribution >= 4 is 17.0 Å². The van der Waals surface area contributed by atoms with E-state index in [1.807, 2.05) is 13.0 Å². The molecule has 0 aliphatic carbocycles. The normalized spacial score (nSPS) is 19.2. The molecule has 1 aliphatic heterocycles. The maximum absolute atomic E-state index is 11.7. The maximum atomic E-state index is 11.7. The smallest absolute Gasteiger partial charge is 0.320 e. The van der Waals surface area contributed by atoms with Gasteiger partial charge in [0.2, 0.25) is 0 Å². The Morgan fingerprint density at radius 3 is 3.19 bits per heavy atom. The number of fused-ring (bicyclic) bond motifs is 1. The highest BCUT2D eigenvalue weighted by Gasteiger charge is 2.30. The van der Waals surface area contributed by atoms with Crippen molar-refractivity contribution in [3.8, 4) is 0 Å². The van der Waals surface area contributed by atoms with E-state index in [-0.39, 0.29) is 12.0 Å². The molecule has 3 rings (SSSR count). The number of hydrogen-bond donors (Lipinski definition) is 1. The first-order valence-corrected chi connectivity index (χ1v) is 7.53. The molecule has 1 aromatic carbocycles. The predicted molar refractivity (Wildman–Crippen MR) is 81.0 cm³/mol. The van der Waals surface area contributed by atoms with E-state index in [0.29, 0.717) is 13.2 Å². The topological polar surface area (TPSA) is 58.2 Å². The van der Waals surface area contributed by atoms with E-state index in [1.54, 1.807) is 0 Å². The Labute approximate surface area is 124 Å². The Bertz CT molecular complexity index is 650. The Morgan fingerprint density at radius 2 is 2.38 bits per heavy atom. The van der Waals surface area contributed by atoms with Gasteiger partial charge >= 0.3 is 5.97 Å². The van der Waals surface area contributed by atoms with Gasteiger partial charge in [-0.05, 0) is 50.9 Å². The van der Waals surface area contributed by atoms with E-state index in [4.69, 9.17) is 9.72 Å². The van der Waals surface area contributed by atoms with Crippen LogP contribution in [-0.2, 0) is 9.53 Å². The molecule has 5 heteroatoms. The molecule has 0 spiro atoms. The van der Waals surface area contributed by atoms with E-state index in [9.17, 15) is 4.79 Å². The number of aromatic amines is 1. The molecule has 21 heavy (non-hydrogen) atoms. The van der Waals surface area contributed by atoms with Crippen molar-refractivity contribution in [3.63, 3.8) is 0 Å². The molecule has 1 fully saturated rings. The second-order valence-electron chi connectivity index (χ2n) is 5.58. The van der Waals surface area contributed by atoms with Crippen LogP contribution in [0.2, 0.25) is 0 Å². The highest BCUT2D eigenvalue weighted by Crippen LogP contribution is 2.31. The fourth-order valence-electron chi connectivity index (χ4n) is 3.00. The molecular formula is C16H21N3O2. The summed E-state index contributed by atoms with van der Waals surface area (Å²) in [5.74, 6) is 0.800. The molecule has 1 saturated heterocycles. The minimum Gasteiger partial charge on any atom is -0.465 e. The number of hydrogen-bond acceptors (Lipinski definition) is 4. The lowest BCUT2D eigenvalue weighted by molar-refractivity contribution is -0.144. The monoisotopic (exact) mass is 287 g/mol. The van der Waals surface area contributed by atoms with Gasteiger partial charge in [-0.25, -0.2) is 4.98 Å². The Morgan fingerprint density at radius 1 is 1.52 bits per heavy atom. The quantitative estimate of drug-likeness (QED) is 0.878. The summed E-state index contributed by atoms with van der Waals surface area (Å²) in [6, 6.07) is 6.39. The fraction of sp³-hybridized carbons (Fsp3) is 0.500. The van der Waals surface area contributed by atoms with Crippen LogP contribution in [0.15, 0.2) is 18.2 Å². The number of rotatable bonds is 4. The molecule has 1 aromatic heterocycles. The van der Waals surface area contributed by atoms with E-state index >= 15 is 0 Å². The lowest BCUT2D eigenvalue weighted by atomic mass is 10.2. The molecule has 2 aromatic rings. The number of H-pyrrole nitrogens is 1. The molecule has 1 aliphatic rings. The number of aromatic nitrogens is 2. The summed E-state index contributed by atoms with van der Waals surface area (Å²) in [6.45, 7) is 5.60. The number of esters is 1. The summed E-state index contributed by atoms with van der Waals surface area (Å²) in [5.41, 5.74) is 3.26. The van der Waals surface area contributed by atoms with Crippen molar-refractivity contribution in [2.45, 2.75) is 32.7 Å². The second-order valence-corrected chi connectivity index (χ2v) is 5.58. The third kappa shape index (κ3) is 2.93. The number of aryl methyl sites for hydroxylation is 1. The van der Waals surface area contributed by atoms with Crippen molar-refractivity contribution in [1.82, 2.24) is 14.9 Å². The molecular weight excluding hydrogens is 266 g/mol. The van der Waals surface area contributed by atoms with Gasteiger partial charge in [0.25, 0.3) is 0 Å². The van der Waals surface area contributed by atoms with Gasteiger partial charge < -0.3 is 9.72 Å². The van der Waals surface area contributed by atoms with E-state index in [0.717, 1.165) is 36.2 Å². The highest BCUT2D eigenvalue weighted by atomic mass is 16.5. The van der Waals surface area contributed by atoms with Crippen molar-refractivity contribution in [3.05, 3.63) is 29.6 Å². The van der Waals surface area contributed by atoms with Gasteiger partial charge in [0.15, 0.2) is 0 Å². The maximum Gasteiger partial charge on any atom is 0.320 e. The van der Waals surface area contributed by atoms with Crippen LogP contribution < -0.4 is 0 Å². The summed E-state index contributed by atoms with van der Waals surface area (Å²) in [7, 11) is 0. The number of likely N-dealkylation sites (tertiary alicyclic amines) is 1. The minimum atomic E-state index is -0.156. The first kappa shape index (κ1) is 14.1. The van der Waals surface area contributed by atoms with Crippen molar-refractivity contribution in [2.75, 3.05) is 19.7 Å². The SMILES string of the molecule is CCOC(=O)CN1CCC[C@H]1c1nc2ccc(C)cc2[nH]1. The van der Waals surface area contributed by atoms with Crippen LogP contribution in [0.3, 0.4) is 0 Å². The van der Waals surface area contributed by atoms with Crippen LogP contribution >= 0.6 is 0 Å². The van der Waals surface area contributed by atoms with E-state index < -0.39 is 0 Å². The molecule has 0 unspecified atom stereocenters. The van der Waals surface area contributed by atoms with Crippen molar-refractivity contribution < 1.29 is 9.53 Å². The highest BCUT2D eigenvalue weighted by molar-refractivity contribution is 5.76. The van der Waals surface area contributed by atoms with Gasteiger partial charge in [0, 0.05) is 0 Å². The summed E-state index contributed by atoms with van der Waals surface area (Å²) >= 11 is 0. The standard InChI is InChI=1S/C16H21N3O2/c1-3-21-15(20)10-19-8-4-5-14(19)16-17-12-7-6-11(2)9-13(12)18-16/h6-7,9,14H,3-5,8,10H2,1-2H3,(H,17,18)/t14-/m0/s1. The van der Waals surface area contributed by atoms with E-state index in [2.05, 4.69) is 28.9 Å². The molecule has 112 valence electrons. The number of nitrogens with one attached hydrogen (secondary N) is 1. The number of benzene rings is 1. The summed E-state index contributed by atoms with van der Waals surface area (Å²) in [4.78, 5) is 22.0. The van der Waals surface area contributed by atoms with Crippen LogP contribution in [0, 0.1) is 6.92 Å². The number of imidazole rings is 1.